The molecule has 0 bridgehead atoms. The summed E-state index contributed by atoms with van der Waals surface area (Å²) in [5, 5.41) is 17.5. The molecule has 7 nitrogen and oxygen atoms in total. The smallest absolute Gasteiger partial charge is 0.260 e. The monoisotopic (exact) mass is 441 g/mol. The van der Waals surface area contributed by atoms with E-state index in [1.807, 2.05) is 29.2 Å². The lowest BCUT2D eigenvalue weighted by Crippen LogP contribution is -2.48. The number of rotatable bonds is 4. The molecule has 5 rings (SSSR count). The summed E-state index contributed by atoms with van der Waals surface area (Å²) in [6, 6.07) is 12.4. The number of amides is 1. The van der Waals surface area contributed by atoms with Crippen molar-refractivity contribution in [2.75, 3.05) is 30.4 Å². The summed E-state index contributed by atoms with van der Waals surface area (Å²) in [6.07, 6.45) is -0.780. The van der Waals surface area contributed by atoms with Crippen LogP contribution in [0.5, 0.6) is 5.88 Å². The van der Waals surface area contributed by atoms with Crippen LogP contribution in [0.3, 0.4) is 0 Å². The first-order chi connectivity index (χ1) is 14.9. The zero-order valence-corrected chi connectivity index (χ0v) is 17.1. The van der Waals surface area contributed by atoms with Gasteiger partial charge >= 0.3 is 0 Å². The average Bonchev–Trinajstić information content (AvgIpc) is 3.34. The lowest BCUT2D eigenvalue weighted by Gasteiger charge is -2.36. The largest absolute Gasteiger partial charge is 0.504 e. The average molecular weight is 442 g/mol. The number of aliphatic hydroxyl groups is 1. The zero-order valence-electron chi connectivity index (χ0n) is 16.4. The molecule has 0 spiro atoms. The topological polar surface area (TPSA) is 87.8 Å². The summed E-state index contributed by atoms with van der Waals surface area (Å²) in [5.41, 5.74) is 3.48. The normalized spacial score (nSPS) is 17.3. The highest BCUT2D eigenvalue weighted by atomic mass is 35.5. The molecule has 2 N–H and O–H groups in total. The summed E-state index contributed by atoms with van der Waals surface area (Å²) >= 11 is 6.48. The number of carbonyl (C=O) groups excluding carboxylic acids is 1. The Bertz CT molecular complexity index is 1220. The van der Waals surface area contributed by atoms with E-state index < -0.39 is 12.1 Å². The maximum atomic E-state index is 13.1. The maximum Gasteiger partial charge on any atom is 0.260 e. The molecule has 0 unspecified atom stereocenters. The third kappa shape index (κ3) is 3.29. The minimum atomic E-state index is -0.780. The van der Waals surface area contributed by atoms with Crippen molar-refractivity contribution in [1.29, 1.82) is 0 Å². The second kappa shape index (κ2) is 7.31. The van der Waals surface area contributed by atoms with Crippen molar-refractivity contribution in [3.63, 3.8) is 0 Å². The number of aliphatic hydroxyl groups excluding tert-OH is 1. The van der Waals surface area contributed by atoms with Gasteiger partial charge in [-0.2, -0.15) is 0 Å². The molecule has 2 aliphatic rings. The number of anilines is 2. The molecular weight excluding hydrogens is 425 g/mol. The molecule has 158 valence electrons. The molecule has 3 aromatic rings. The van der Waals surface area contributed by atoms with Crippen LogP contribution in [0.1, 0.15) is 11.3 Å². The van der Waals surface area contributed by atoms with Crippen LogP contribution in [0.2, 0.25) is 5.02 Å². The van der Waals surface area contributed by atoms with Crippen LogP contribution in [0.25, 0.3) is 22.5 Å². The highest BCUT2D eigenvalue weighted by molar-refractivity contribution is 6.38. The maximum absolute atomic E-state index is 13.1. The molecule has 0 radical (unpaired) electrons. The van der Waals surface area contributed by atoms with E-state index in [1.54, 1.807) is 12.1 Å². The van der Waals surface area contributed by atoms with Gasteiger partial charge in [0.15, 0.2) is 5.76 Å². The molecule has 0 aliphatic carbocycles. The third-order valence-electron chi connectivity index (χ3n) is 5.40. The summed E-state index contributed by atoms with van der Waals surface area (Å²) in [4.78, 5) is 14.5. The van der Waals surface area contributed by atoms with Gasteiger partial charge in [0.25, 0.3) is 11.8 Å². The van der Waals surface area contributed by atoms with Crippen LogP contribution in [0.4, 0.5) is 15.8 Å². The number of ether oxygens (including phenoxy) is 1. The SMILES string of the molecule is COc1cc(/C(O)=C2\C(=O)Nc3cc(Cl)c(-c4ccc(N5CC(F)C5)cc4)cc32)on1. The van der Waals surface area contributed by atoms with E-state index in [1.165, 1.54) is 13.2 Å². The van der Waals surface area contributed by atoms with Gasteiger partial charge in [0.1, 0.15) is 6.17 Å². The number of benzene rings is 2. The molecule has 1 aromatic heterocycles. The van der Waals surface area contributed by atoms with Gasteiger partial charge in [-0.3, -0.25) is 4.79 Å². The number of aromatic nitrogens is 1. The van der Waals surface area contributed by atoms with Crippen molar-refractivity contribution in [2.45, 2.75) is 6.17 Å². The van der Waals surface area contributed by atoms with Crippen LogP contribution in [0, 0.1) is 0 Å². The molecule has 0 saturated carbocycles. The van der Waals surface area contributed by atoms with Crippen molar-refractivity contribution >= 4 is 40.2 Å². The van der Waals surface area contributed by atoms with E-state index in [0.717, 1.165) is 11.3 Å². The summed E-state index contributed by atoms with van der Waals surface area (Å²) < 4.78 is 23.2. The van der Waals surface area contributed by atoms with E-state index in [9.17, 15) is 14.3 Å². The molecular formula is C22H17ClFN3O4. The van der Waals surface area contributed by atoms with Gasteiger partial charge in [0, 0.05) is 16.8 Å². The first-order valence-corrected chi connectivity index (χ1v) is 9.91. The van der Waals surface area contributed by atoms with Crippen LogP contribution >= 0.6 is 11.6 Å². The summed E-state index contributed by atoms with van der Waals surface area (Å²) in [5.74, 6) is -0.644. The van der Waals surface area contributed by atoms with Crippen molar-refractivity contribution in [2.24, 2.45) is 0 Å². The van der Waals surface area contributed by atoms with E-state index in [2.05, 4.69) is 10.5 Å². The molecule has 1 fully saturated rings. The molecule has 2 aromatic carbocycles. The highest BCUT2D eigenvalue weighted by Crippen LogP contribution is 2.42. The Labute approximate surface area is 181 Å². The van der Waals surface area contributed by atoms with Crippen molar-refractivity contribution in [1.82, 2.24) is 5.16 Å². The predicted octanol–water partition coefficient (Wildman–Crippen LogP) is 4.54. The molecule has 1 saturated heterocycles. The molecule has 1 amide bonds. The number of methoxy groups -OCH3 is 1. The van der Waals surface area contributed by atoms with E-state index in [-0.39, 0.29) is 23.0 Å². The van der Waals surface area contributed by atoms with Gasteiger partial charge in [0.2, 0.25) is 5.76 Å². The van der Waals surface area contributed by atoms with Crippen molar-refractivity contribution in [3.8, 4) is 17.0 Å². The Morgan fingerprint density at radius 1 is 1.26 bits per heavy atom. The van der Waals surface area contributed by atoms with Crippen LogP contribution in [-0.2, 0) is 4.79 Å². The first-order valence-electron chi connectivity index (χ1n) is 9.53. The van der Waals surface area contributed by atoms with Gasteiger partial charge in [-0.1, -0.05) is 23.7 Å². The molecule has 9 heteroatoms. The second-order valence-electron chi connectivity index (χ2n) is 7.34. The lowest BCUT2D eigenvalue weighted by atomic mass is 9.97. The van der Waals surface area contributed by atoms with Crippen LogP contribution in [0.15, 0.2) is 47.0 Å². The second-order valence-corrected chi connectivity index (χ2v) is 7.75. The Hall–Kier alpha value is -3.52. The van der Waals surface area contributed by atoms with E-state index in [4.69, 9.17) is 20.9 Å². The highest BCUT2D eigenvalue weighted by Gasteiger charge is 2.31. The Kier molecular flexibility index (Phi) is 4.59. The number of hydrogen-bond donors (Lipinski definition) is 2. The minimum absolute atomic E-state index is 0.0106. The van der Waals surface area contributed by atoms with Crippen molar-refractivity contribution in [3.05, 3.63) is 58.8 Å². The first kappa shape index (κ1) is 19.4. The van der Waals surface area contributed by atoms with Crippen LogP contribution < -0.4 is 15.0 Å². The number of halogens is 2. The standard InChI is InChI=1S/C22H17ClFN3O4/c1-30-19-8-18(31-26-19)21(28)20-15-6-14(16(23)7-17(15)25-22(20)29)11-2-4-13(5-3-11)27-9-12(24)10-27/h2-8,12,28H,9-10H2,1H3,(H,25,29)/b21-20+. The van der Waals surface area contributed by atoms with Gasteiger partial charge in [-0.25, -0.2) is 4.39 Å². The van der Waals surface area contributed by atoms with Crippen molar-refractivity contribution < 1.29 is 23.6 Å². The van der Waals surface area contributed by atoms with Gasteiger partial charge in [-0.15, -0.1) is 0 Å². The number of nitrogens with zero attached hydrogens (tertiary/aromatic N) is 2. The fraction of sp³-hybridized carbons (Fsp3) is 0.182. The fourth-order valence-electron chi connectivity index (χ4n) is 3.72. The van der Waals surface area contributed by atoms with Crippen LogP contribution in [-0.4, -0.2) is 42.5 Å². The molecule has 2 aliphatic heterocycles. The van der Waals surface area contributed by atoms with Gasteiger partial charge < -0.3 is 24.6 Å². The number of carbonyl (C=O) groups is 1. The lowest BCUT2D eigenvalue weighted by molar-refractivity contribution is -0.110. The minimum Gasteiger partial charge on any atom is -0.504 e. The van der Waals surface area contributed by atoms with Gasteiger partial charge in [0.05, 0.1) is 42.5 Å². The molecule has 0 atom stereocenters. The summed E-state index contributed by atoms with van der Waals surface area (Å²) in [7, 11) is 1.42. The number of hydrogen-bond acceptors (Lipinski definition) is 6. The zero-order chi connectivity index (χ0) is 21.7. The Morgan fingerprint density at radius 2 is 2.00 bits per heavy atom. The quantitative estimate of drug-likeness (QED) is 0.456. The number of nitrogens with one attached hydrogen (secondary N) is 1. The molecule has 3 heterocycles. The van der Waals surface area contributed by atoms with E-state index >= 15 is 0 Å². The van der Waals surface area contributed by atoms with Gasteiger partial charge in [-0.05, 0) is 35.0 Å². The Morgan fingerprint density at radius 3 is 2.65 bits per heavy atom. The third-order valence-corrected chi connectivity index (χ3v) is 5.71. The predicted molar refractivity (Wildman–Crippen MR) is 115 cm³/mol. The molecule has 31 heavy (non-hydrogen) atoms. The Balaban J connectivity index is 1.54. The fourth-order valence-corrected chi connectivity index (χ4v) is 4.00. The number of fused-ring (bicyclic) bond motifs is 1. The number of alkyl halides is 1. The summed E-state index contributed by atoms with van der Waals surface area (Å²) in [6.45, 7) is 0.791. The van der Waals surface area contributed by atoms with E-state index in [0.29, 0.717) is 34.9 Å².